The van der Waals surface area contributed by atoms with Crippen LogP contribution in [-0.2, 0) is 11.3 Å². The van der Waals surface area contributed by atoms with E-state index in [0.29, 0.717) is 6.54 Å². The van der Waals surface area contributed by atoms with Gasteiger partial charge in [-0.2, -0.15) is 0 Å². The Hall–Kier alpha value is -1.95. The second kappa shape index (κ2) is 6.00. The maximum absolute atomic E-state index is 13.5. The molecule has 0 aliphatic heterocycles. The number of hydrogen-bond donors (Lipinski definition) is 2. The maximum Gasteiger partial charge on any atom is 0.221 e. The summed E-state index contributed by atoms with van der Waals surface area (Å²) in [6, 6.07) is 4.56. The van der Waals surface area contributed by atoms with Gasteiger partial charge in [-0.05, 0) is 32.0 Å². The molecule has 0 atom stereocenters. The number of carbonyl (C=O) groups is 1. The van der Waals surface area contributed by atoms with Crippen LogP contribution in [-0.4, -0.2) is 10.9 Å². The Morgan fingerprint density at radius 3 is 2.75 bits per heavy atom. The van der Waals surface area contributed by atoms with Gasteiger partial charge in [0.25, 0.3) is 0 Å². The number of aromatic nitrogens is 1. The van der Waals surface area contributed by atoms with E-state index in [0.717, 1.165) is 21.3 Å². The molecule has 2 rings (SSSR count). The summed E-state index contributed by atoms with van der Waals surface area (Å²) in [6.45, 7) is 5.91. The number of carbonyl (C=O) groups excluding carboxylic acids is 1. The first-order valence-electron chi connectivity index (χ1n) is 6.19. The van der Waals surface area contributed by atoms with E-state index >= 15 is 0 Å². The summed E-state index contributed by atoms with van der Waals surface area (Å²) in [4.78, 5) is 16.5. The summed E-state index contributed by atoms with van der Waals surface area (Å²) >= 11 is 1.63. The fraction of sp³-hybridized carbons (Fsp3) is 0.286. The predicted molar refractivity (Wildman–Crippen MR) is 79.6 cm³/mol. The highest BCUT2D eigenvalue weighted by molar-refractivity contribution is 7.11. The smallest absolute Gasteiger partial charge is 0.221 e. The average molecular weight is 293 g/mol. The molecule has 4 nitrogen and oxygen atoms in total. The van der Waals surface area contributed by atoms with Crippen LogP contribution in [0.4, 0.5) is 15.8 Å². The molecule has 0 radical (unpaired) electrons. The zero-order chi connectivity index (χ0) is 14.7. The van der Waals surface area contributed by atoms with E-state index in [2.05, 4.69) is 15.6 Å². The molecule has 2 N–H and O–H groups in total. The molecule has 0 bridgehead atoms. The zero-order valence-corrected chi connectivity index (χ0v) is 12.4. The van der Waals surface area contributed by atoms with Crippen LogP contribution in [0.5, 0.6) is 0 Å². The molecule has 1 amide bonds. The van der Waals surface area contributed by atoms with Gasteiger partial charge < -0.3 is 10.6 Å². The van der Waals surface area contributed by atoms with E-state index in [-0.39, 0.29) is 11.6 Å². The largest absolute Gasteiger partial charge is 0.380 e. The van der Waals surface area contributed by atoms with Crippen molar-refractivity contribution in [3.05, 3.63) is 39.6 Å². The lowest BCUT2D eigenvalue weighted by Crippen LogP contribution is -2.08. The minimum Gasteiger partial charge on any atom is -0.380 e. The summed E-state index contributed by atoms with van der Waals surface area (Å²) in [7, 11) is 0. The highest BCUT2D eigenvalue weighted by Gasteiger charge is 2.07. The van der Waals surface area contributed by atoms with E-state index < -0.39 is 5.82 Å². The number of amides is 1. The van der Waals surface area contributed by atoms with Crippen LogP contribution in [0.1, 0.15) is 22.5 Å². The Labute approximate surface area is 121 Å². The molecule has 0 fully saturated rings. The first-order valence-corrected chi connectivity index (χ1v) is 7.01. The van der Waals surface area contributed by atoms with Gasteiger partial charge >= 0.3 is 0 Å². The summed E-state index contributed by atoms with van der Waals surface area (Å²) in [5.41, 5.74) is 1.93. The Kier molecular flexibility index (Phi) is 4.34. The van der Waals surface area contributed by atoms with Gasteiger partial charge in [-0.1, -0.05) is 0 Å². The zero-order valence-electron chi connectivity index (χ0n) is 11.6. The molecule has 0 unspecified atom stereocenters. The Bertz CT molecular complexity index is 639. The maximum atomic E-state index is 13.5. The van der Waals surface area contributed by atoms with Crippen molar-refractivity contribution in [3.63, 3.8) is 0 Å². The predicted octanol–water partition coefficient (Wildman–Crippen LogP) is 3.47. The van der Waals surface area contributed by atoms with E-state index in [9.17, 15) is 9.18 Å². The third-order valence-electron chi connectivity index (χ3n) is 2.73. The van der Waals surface area contributed by atoms with Crippen LogP contribution in [0, 0.1) is 19.7 Å². The second-order valence-electron chi connectivity index (χ2n) is 4.47. The van der Waals surface area contributed by atoms with Crippen molar-refractivity contribution in [3.8, 4) is 0 Å². The van der Waals surface area contributed by atoms with Gasteiger partial charge in [-0.15, -0.1) is 11.3 Å². The number of nitrogens with zero attached hydrogens (tertiary/aromatic N) is 1. The second-order valence-corrected chi connectivity index (χ2v) is 5.76. The Morgan fingerprint density at radius 2 is 2.15 bits per heavy atom. The van der Waals surface area contributed by atoms with Gasteiger partial charge in [-0.25, -0.2) is 9.37 Å². The van der Waals surface area contributed by atoms with Gasteiger partial charge in [0.15, 0.2) is 0 Å². The summed E-state index contributed by atoms with van der Waals surface area (Å²) in [5, 5.41) is 6.70. The highest BCUT2D eigenvalue weighted by atomic mass is 32.1. The number of nitrogens with one attached hydrogen (secondary N) is 2. The van der Waals surface area contributed by atoms with Crippen LogP contribution in [0.3, 0.4) is 0 Å². The van der Waals surface area contributed by atoms with Gasteiger partial charge in [-0.3, -0.25) is 4.79 Å². The monoisotopic (exact) mass is 293 g/mol. The summed E-state index contributed by atoms with van der Waals surface area (Å²) in [5.74, 6) is -0.745. The lowest BCUT2D eigenvalue weighted by molar-refractivity contribution is -0.114. The average Bonchev–Trinajstić information content (AvgIpc) is 2.68. The highest BCUT2D eigenvalue weighted by Crippen LogP contribution is 2.22. The van der Waals surface area contributed by atoms with Crippen molar-refractivity contribution in [1.29, 1.82) is 0 Å². The first kappa shape index (κ1) is 14.5. The quantitative estimate of drug-likeness (QED) is 0.907. The van der Waals surface area contributed by atoms with Crippen molar-refractivity contribution in [2.75, 3.05) is 10.6 Å². The third kappa shape index (κ3) is 3.54. The third-order valence-corrected chi connectivity index (χ3v) is 3.80. The van der Waals surface area contributed by atoms with Crippen molar-refractivity contribution >= 4 is 28.6 Å². The molecule has 6 heteroatoms. The number of thiazole rings is 1. The van der Waals surface area contributed by atoms with Crippen LogP contribution in [0.15, 0.2) is 18.2 Å². The molecule has 2 aromatic rings. The van der Waals surface area contributed by atoms with Crippen LogP contribution >= 0.6 is 11.3 Å². The molecule has 0 saturated carbocycles. The first-order chi connectivity index (χ1) is 9.45. The molecule has 0 aliphatic rings. The van der Waals surface area contributed by atoms with Gasteiger partial charge in [0.1, 0.15) is 5.82 Å². The lowest BCUT2D eigenvalue weighted by atomic mass is 10.2. The number of anilines is 2. The molecule has 1 aromatic carbocycles. The van der Waals surface area contributed by atoms with Crippen molar-refractivity contribution in [2.45, 2.75) is 27.3 Å². The Balaban J connectivity index is 2.10. The topological polar surface area (TPSA) is 54.0 Å². The van der Waals surface area contributed by atoms with Crippen molar-refractivity contribution in [2.24, 2.45) is 0 Å². The van der Waals surface area contributed by atoms with Crippen LogP contribution in [0.2, 0.25) is 0 Å². The molecule has 106 valence electrons. The van der Waals surface area contributed by atoms with E-state index in [4.69, 9.17) is 0 Å². The van der Waals surface area contributed by atoms with Crippen molar-refractivity contribution in [1.82, 2.24) is 4.98 Å². The normalized spacial score (nSPS) is 10.4. The van der Waals surface area contributed by atoms with Crippen LogP contribution < -0.4 is 10.6 Å². The number of aryl methyl sites for hydroxylation is 2. The SMILES string of the molecule is CC(=O)Nc1cc(NCc2sc(C)nc2C)ccc1F. The van der Waals surface area contributed by atoms with E-state index in [1.54, 1.807) is 23.5 Å². The molecule has 1 heterocycles. The number of hydrogen-bond acceptors (Lipinski definition) is 4. The van der Waals surface area contributed by atoms with Crippen LogP contribution in [0.25, 0.3) is 0 Å². The number of rotatable bonds is 4. The molecule has 0 aliphatic carbocycles. The fourth-order valence-corrected chi connectivity index (χ4v) is 2.72. The lowest BCUT2D eigenvalue weighted by Gasteiger charge is -2.09. The minimum absolute atomic E-state index is 0.180. The Morgan fingerprint density at radius 1 is 1.40 bits per heavy atom. The van der Waals surface area contributed by atoms with Crippen molar-refractivity contribution < 1.29 is 9.18 Å². The molecule has 20 heavy (non-hydrogen) atoms. The van der Waals surface area contributed by atoms with E-state index in [1.807, 2.05) is 13.8 Å². The van der Waals surface area contributed by atoms with Gasteiger partial charge in [0.2, 0.25) is 5.91 Å². The molecular formula is C14H16FN3OS. The van der Waals surface area contributed by atoms with Gasteiger partial charge in [0, 0.05) is 17.5 Å². The molecular weight excluding hydrogens is 277 g/mol. The standard InChI is InChI=1S/C14H16FN3OS/c1-8-14(20-10(3)17-8)7-16-11-4-5-12(15)13(6-11)18-9(2)19/h4-6,16H,7H2,1-3H3,(H,18,19). The molecule has 0 saturated heterocycles. The molecule has 0 spiro atoms. The van der Waals surface area contributed by atoms with Gasteiger partial charge in [0.05, 0.1) is 22.9 Å². The van der Waals surface area contributed by atoms with E-state index in [1.165, 1.54) is 13.0 Å². The number of halogens is 1. The molecule has 1 aromatic heterocycles. The minimum atomic E-state index is -0.449. The summed E-state index contributed by atoms with van der Waals surface area (Å²) < 4.78 is 13.5. The fourth-order valence-electron chi connectivity index (χ4n) is 1.84. The summed E-state index contributed by atoms with van der Waals surface area (Å²) in [6.07, 6.45) is 0. The number of benzene rings is 1.